The van der Waals surface area contributed by atoms with Crippen molar-refractivity contribution >= 4 is 29.7 Å². The molecule has 0 atom stereocenters. The van der Waals surface area contributed by atoms with E-state index in [1.165, 1.54) is 85.4 Å². The second kappa shape index (κ2) is 19.9. The Morgan fingerprint density at radius 2 is 1.82 bits per heavy atom. The number of allylic oxidation sites excluding steroid dienone is 3. The van der Waals surface area contributed by atoms with Crippen LogP contribution in [0.4, 0.5) is 11.5 Å². The van der Waals surface area contributed by atoms with Gasteiger partial charge in [0.05, 0.1) is 0 Å². The van der Waals surface area contributed by atoms with Crippen LogP contribution in [0.25, 0.3) is 18.2 Å². The van der Waals surface area contributed by atoms with Crippen molar-refractivity contribution in [2.45, 2.75) is 66.2 Å². The van der Waals surface area contributed by atoms with Gasteiger partial charge in [0.1, 0.15) is 5.82 Å². The Morgan fingerprint density at radius 1 is 1.09 bits per heavy atom. The van der Waals surface area contributed by atoms with Crippen molar-refractivity contribution in [1.82, 2.24) is 15.2 Å². The SMILES string of the molecule is C/C=C\c1cc(N2CCC(CCN3CCNCC3)CC2)ncc1C.C=CC1=C=CC=c2cccc(N(C)C)c2=C1.CCCCC. The van der Waals surface area contributed by atoms with Gasteiger partial charge in [-0.05, 0) is 92.3 Å². The van der Waals surface area contributed by atoms with Gasteiger partial charge in [0.2, 0.25) is 0 Å². The molecule has 2 aromatic rings. The molecule has 0 spiro atoms. The van der Waals surface area contributed by atoms with Crippen LogP contribution in [-0.4, -0.2) is 69.8 Å². The number of piperazine rings is 1. The summed E-state index contributed by atoms with van der Waals surface area (Å²) in [7, 11) is 4.11. The number of fused-ring (bicyclic) bond motifs is 1. The molecule has 1 aromatic carbocycles. The van der Waals surface area contributed by atoms with Gasteiger partial charge in [-0.15, -0.1) is 5.73 Å². The summed E-state index contributed by atoms with van der Waals surface area (Å²) >= 11 is 0. The first-order valence-electron chi connectivity index (χ1n) is 17.2. The van der Waals surface area contributed by atoms with Crippen molar-refractivity contribution in [1.29, 1.82) is 0 Å². The van der Waals surface area contributed by atoms with Crippen LogP contribution in [0.2, 0.25) is 0 Å². The van der Waals surface area contributed by atoms with Gasteiger partial charge < -0.3 is 20.0 Å². The van der Waals surface area contributed by atoms with E-state index in [2.05, 4.69) is 128 Å². The summed E-state index contributed by atoms with van der Waals surface area (Å²) in [6.07, 6.45) is 22.3. The van der Waals surface area contributed by atoms with Gasteiger partial charge in [-0.1, -0.05) is 70.0 Å². The molecule has 0 unspecified atom stereocenters. The summed E-state index contributed by atoms with van der Waals surface area (Å²) in [6, 6.07) is 8.56. The van der Waals surface area contributed by atoms with E-state index in [1.807, 2.05) is 18.3 Å². The number of nitrogens with one attached hydrogen (secondary N) is 1. The molecule has 5 nitrogen and oxygen atoms in total. The van der Waals surface area contributed by atoms with Gasteiger partial charge in [0.15, 0.2) is 0 Å². The van der Waals surface area contributed by atoms with Crippen molar-refractivity contribution in [3.8, 4) is 0 Å². The van der Waals surface area contributed by atoms with Crippen molar-refractivity contribution in [3.05, 3.63) is 88.1 Å². The highest BCUT2D eigenvalue weighted by Crippen LogP contribution is 2.26. The van der Waals surface area contributed by atoms with E-state index in [4.69, 9.17) is 0 Å². The Labute approximate surface area is 274 Å². The maximum Gasteiger partial charge on any atom is 0.129 e. The van der Waals surface area contributed by atoms with E-state index in [9.17, 15) is 0 Å². The number of piperidine rings is 1. The first-order valence-corrected chi connectivity index (χ1v) is 17.2. The van der Waals surface area contributed by atoms with Crippen LogP contribution in [0, 0.1) is 12.8 Å². The molecular weight excluding hydrogens is 550 g/mol. The minimum atomic E-state index is 0.886. The summed E-state index contributed by atoms with van der Waals surface area (Å²) < 4.78 is 0. The summed E-state index contributed by atoms with van der Waals surface area (Å²) in [5, 5.41) is 5.88. The third kappa shape index (κ3) is 11.8. The average molecular weight is 610 g/mol. The van der Waals surface area contributed by atoms with E-state index in [1.54, 1.807) is 0 Å². The van der Waals surface area contributed by atoms with Crippen LogP contribution < -0.4 is 25.6 Å². The molecule has 5 rings (SSSR count). The molecule has 2 saturated heterocycles. The topological polar surface area (TPSA) is 34.6 Å². The Kier molecular flexibility index (Phi) is 16.0. The summed E-state index contributed by atoms with van der Waals surface area (Å²) in [4.78, 5) is 11.9. The molecular formula is C40H59N5. The maximum atomic E-state index is 4.67. The molecule has 1 aliphatic carbocycles. The van der Waals surface area contributed by atoms with Gasteiger partial charge in [-0.3, -0.25) is 0 Å². The Morgan fingerprint density at radius 3 is 2.44 bits per heavy atom. The maximum absolute atomic E-state index is 4.67. The van der Waals surface area contributed by atoms with E-state index >= 15 is 0 Å². The highest BCUT2D eigenvalue weighted by Gasteiger charge is 2.21. The number of pyridine rings is 1. The fourth-order valence-electron chi connectivity index (χ4n) is 5.97. The predicted molar refractivity (Wildman–Crippen MR) is 198 cm³/mol. The van der Waals surface area contributed by atoms with Crippen molar-refractivity contribution in [2.24, 2.45) is 5.92 Å². The number of hydrogen-bond acceptors (Lipinski definition) is 5. The summed E-state index contributed by atoms with van der Waals surface area (Å²) in [5.74, 6) is 2.03. The molecule has 1 aromatic heterocycles. The molecule has 3 aliphatic rings. The van der Waals surface area contributed by atoms with Crippen molar-refractivity contribution in [3.63, 3.8) is 0 Å². The molecule has 2 aliphatic heterocycles. The fraction of sp³-hybridized carbons (Fsp3) is 0.500. The first-order chi connectivity index (χ1) is 21.9. The van der Waals surface area contributed by atoms with Crippen molar-refractivity contribution in [2.75, 3.05) is 69.7 Å². The largest absolute Gasteiger partial charge is 0.377 e. The minimum Gasteiger partial charge on any atom is -0.377 e. The zero-order valence-corrected chi connectivity index (χ0v) is 29.1. The van der Waals surface area contributed by atoms with Crippen LogP contribution in [0.1, 0.15) is 70.4 Å². The highest BCUT2D eigenvalue weighted by molar-refractivity contribution is 5.63. The van der Waals surface area contributed by atoms with Gasteiger partial charge in [-0.25, -0.2) is 4.98 Å². The van der Waals surface area contributed by atoms with Gasteiger partial charge >= 0.3 is 0 Å². The fourth-order valence-corrected chi connectivity index (χ4v) is 5.97. The lowest BCUT2D eigenvalue weighted by molar-refractivity contribution is 0.215. The minimum absolute atomic E-state index is 0.886. The van der Waals surface area contributed by atoms with E-state index < -0.39 is 0 Å². The lowest BCUT2D eigenvalue weighted by atomic mass is 9.93. The Balaban J connectivity index is 0.000000226. The predicted octanol–water partition coefficient (Wildman–Crippen LogP) is 6.73. The molecule has 0 radical (unpaired) electrons. The van der Waals surface area contributed by atoms with Crippen LogP contribution >= 0.6 is 0 Å². The van der Waals surface area contributed by atoms with Crippen molar-refractivity contribution < 1.29 is 0 Å². The molecule has 0 bridgehead atoms. The van der Waals surface area contributed by atoms with E-state index in [0.29, 0.717) is 0 Å². The second-order valence-corrected chi connectivity index (χ2v) is 12.5. The molecule has 0 saturated carbocycles. The van der Waals surface area contributed by atoms with Crippen LogP contribution in [-0.2, 0) is 0 Å². The van der Waals surface area contributed by atoms with Crippen LogP contribution in [0.15, 0.2) is 66.6 Å². The highest BCUT2D eigenvalue weighted by atomic mass is 15.2. The average Bonchev–Trinajstić information content (AvgIpc) is 3.29. The third-order valence-corrected chi connectivity index (χ3v) is 8.82. The Bertz CT molecular complexity index is 1400. The lowest BCUT2D eigenvalue weighted by Crippen LogP contribution is -2.44. The third-order valence-electron chi connectivity index (χ3n) is 8.82. The summed E-state index contributed by atoms with van der Waals surface area (Å²) in [6.45, 7) is 20.8. The summed E-state index contributed by atoms with van der Waals surface area (Å²) in [5.41, 5.74) is 7.97. The van der Waals surface area contributed by atoms with Gasteiger partial charge in [0, 0.05) is 76.0 Å². The monoisotopic (exact) mass is 609 g/mol. The van der Waals surface area contributed by atoms with Gasteiger partial charge in [0.25, 0.3) is 0 Å². The normalized spacial score (nSPS) is 16.6. The van der Waals surface area contributed by atoms with Crippen LogP contribution in [0.3, 0.4) is 0 Å². The standard InChI is InChI=1S/C20H32N4.C15H15N.C5H12/c1-3-4-19-15-20(22-16-17(19)2)24-11-6-18(7-12-24)5-10-23-13-8-21-9-14-23;1-4-12-7-5-8-13-9-6-10-15(16(2)3)14(13)11-12;1-3-5-4-2/h3-4,15-16,18,21H,5-14H2,1-2H3;4-6,8-11H,1H2,2-3H3;3-5H2,1-2H3/b4-3-;;. The number of hydrogen-bond donors (Lipinski definition) is 1. The molecule has 2 fully saturated rings. The molecule has 1 N–H and O–H groups in total. The number of nitrogens with zero attached hydrogens (tertiary/aromatic N) is 4. The number of unbranched alkanes of at least 4 members (excludes halogenated alkanes) is 2. The van der Waals surface area contributed by atoms with E-state index in [-0.39, 0.29) is 0 Å². The number of benzene rings is 1. The van der Waals surface area contributed by atoms with Gasteiger partial charge in [-0.2, -0.15) is 0 Å². The number of aryl methyl sites for hydroxylation is 1. The molecule has 5 heteroatoms. The molecule has 244 valence electrons. The molecule has 0 amide bonds. The lowest BCUT2D eigenvalue weighted by Gasteiger charge is -2.34. The Hall–Kier alpha value is -3.37. The van der Waals surface area contributed by atoms with E-state index in [0.717, 1.165) is 43.5 Å². The zero-order chi connectivity index (χ0) is 32.4. The zero-order valence-electron chi connectivity index (χ0n) is 29.1. The second-order valence-electron chi connectivity index (χ2n) is 12.5. The molecule has 3 heterocycles. The number of rotatable bonds is 9. The quantitative estimate of drug-likeness (QED) is 0.319. The smallest absolute Gasteiger partial charge is 0.129 e. The molecule has 45 heavy (non-hydrogen) atoms. The van der Waals surface area contributed by atoms with Crippen LogP contribution in [0.5, 0.6) is 0 Å². The number of anilines is 2. The first kappa shape index (κ1) is 36.1. The number of aromatic nitrogens is 1.